The van der Waals surface area contributed by atoms with Gasteiger partial charge in [-0.15, -0.1) is 0 Å². The van der Waals surface area contributed by atoms with E-state index in [0.717, 1.165) is 28.2 Å². The molecule has 4 heteroatoms. The van der Waals surface area contributed by atoms with E-state index in [0.29, 0.717) is 0 Å². The van der Waals surface area contributed by atoms with Crippen molar-refractivity contribution in [2.75, 3.05) is 5.32 Å². The van der Waals surface area contributed by atoms with Gasteiger partial charge in [-0.1, -0.05) is 30.3 Å². The Balaban J connectivity index is 1.94. The maximum Gasteiger partial charge on any atom is 0.212 e. The molecule has 0 saturated heterocycles. The predicted molar refractivity (Wildman–Crippen MR) is 80.2 cm³/mol. The molecule has 4 rings (SSSR count). The van der Waals surface area contributed by atoms with Crippen molar-refractivity contribution in [1.82, 2.24) is 14.4 Å². The Morgan fingerprint density at radius 2 is 1.55 bits per heavy atom. The summed E-state index contributed by atoms with van der Waals surface area (Å²) in [6, 6.07) is 18.1. The molecule has 0 amide bonds. The number of imidazole rings is 1. The fourth-order valence-corrected chi connectivity index (χ4v) is 2.35. The SMILES string of the molecule is c1ccc(Nc2ncc3cnc4ccccc4n23)cc1. The molecule has 2 heterocycles. The second kappa shape index (κ2) is 4.35. The molecule has 20 heavy (non-hydrogen) atoms. The Kier molecular flexibility index (Phi) is 2.39. The summed E-state index contributed by atoms with van der Waals surface area (Å²) >= 11 is 0. The van der Waals surface area contributed by atoms with Gasteiger partial charge in [-0.05, 0) is 24.3 Å². The number of aromatic nitrogens is 3. The highest BCUT2D eigenvalue weighted by Crippen LogP contribution is 2.21. The molecule has 2 aromatic carbocycles. The first kappa shape index (κ1) is 11.0. The van der Waals surface area contributed by atoms with Crippen LogP contribution < -0.4 is 5.32 Å². The minimum absolute atomic E-state index is 0.796. The van der Waals surface area contributed by atoms with Crippen molar-refractivity contribution in [1.29, 1.82) is 0 Å². The maximum absolute atomic E-state index is 4.45. The molecule has 0 radical (unpaired) electrons. The van der Waals surface area contributed by atoms with Gasteiger partial charge in [-0.3, -0.25) is 9.38 Å². The minimum Gasteiger partial charge on any atom is -0.325 e. The van der Waals surface area contributed by atoms with Gasteiger partial charge >= 0.3 is 0 Å². The minimum atomic E-state index is 0.796. The molecule has 0 aliphatic rings. The Morgan fingerprint density at radius 3 is 2.45 bits per heavy atom. The van der Waals surface area contributed by atoms with Crippen molar-refractivity contribution in [3.63, 3.8) is 0 Å². The molecule has 0 saturated carbocycles. The smallest absolute Gasteiger partial charge is 0.212 e. The van der Waals surface area contributed by atoms with Gasteiger partial charge in [0.25, 0.3) is 0 Å². The molecular formula is C16H12N4. The topological polar surface area (TPSA) is 42.2 Å². The molecule has 0 aliphatic heterocycles. The zero-order valence-corrected chi connectivity index (χ0v) is 10.7. The average Bonchev–Trinajstić information content (AvgIpc) is 2.92. The molecule has 0 atom stereocenters. The molecule has 0 spiro atoms. The van der Waals surface area contributed by atoms with Crippen LogP contribution in [0.1, 0.15) is 0 Å². The van der Waals surface area contributed by atoms with E-state index in [4.69, 9.17) is 0 Å². The molecule has 0 aliphatic carbocycles. The van der Waals surface area contributed by atoms with Crippen LogP contribution in [0.25, 0.3) is 16.6 Å². The molecule has 96 valence electrons. The number of hydrogen-bond donors (Lipinski definition) is 1. The van der Waals surface area contributed by atoms with E-state index in [9.17, 15) is 0 Å². The Labute approximate surface area is 115 Å². The third-order valence-corrected chi connectivity index (χ3v) is 3.28. The van der Waals surface area contributed by atoms with E-state index in [-0.39, 0.29) is 0 Å². The standard InChI is InChI=1S/C16H12N4/c1-2-6-12(7-3-1)19-16-18-11-13-10-17-14-8-4-5-9-15(14)20(13)16/h1-11H,(H,18,19). The Bertz CT molecular complexity index is 881. The summed E-state index contributed by atoms with van der Waals surface area (Å²) in [5.74, 6) is 0.796. The zero-order chi connectivity index (χ0) is 13.4. The Morgan fingerprint density at radius 1 is 0.800 bits per heavy atom. The van der Waals surface area contributed by atoms with Gasteiger partial charge < -0.3 is 5.32 Å². The van der Waals surface area contributed by atoms with Crippen molar-refractivity contribution < 1.29 is 0 Å². The van der Waals surface area contributed by atoms with E-state index in [2.05, 4.69) is 19.7 Å². The fourth-order valence-electron chi connectivity index (χ4n) is 2.35. The van der Waals surface area contributed by atoms with Crippen LogP contribution in [0.3, 0.4) is 0 Å². The number of benzene rings is 2. The van der Waals surface area contributed by atoms with E-state index < -0.39 is 0 Å². The van der Waals surface area contributed by atoms with Crippen LogP contribution in [-0.2, 0) is 0 Å². The number of rotatable bonds is 2. The van der Waals surface area contributed by atoms with Crippen molar-refractivity contribution in [2.45, 2.75) is 0 Å². The summed E-state index contributed by atoms with van der Waals surface area (Å²) in [4.78, 5) is 8.89. The van der Waals surface area contributed by atoms with Crippen molar-refractivity contribution in [2.24, 2.45) is 0 Å². The number of para-hydroxylation sites is 3. The number of hydrogen-bond acceptors (Lipinski definition) is 3. The number of fused-ring (bicyclic) bond motifs is 3. The highest BCUT2D eigenvalue weighted by Gasteiger charge is 2.07. The monoisotopic (exact) mass is 260 g/mol. The first-order chi connectivity index (χ1) is 9.92. The second-order valence-corrected chi connectivity index (χ2v) is 4.58. The normalized spacial score (nSPS) is 11.0. The summed E-state index contributed by atoms with van der Waals surface area (Å²) < 4.78 is 2.08. The lowest BCUT2D eigenvalue weighted by Gasteiger charge is -2.07. The summed E-state index contributed by atoms with van der Waals surface area (Å²) in [6.07, 6.45) is 3.66. The van der Waals surface area contributed by atoms with Crippen molar-refractivity contribution in [3.05, 3.63) is 67.0 Å². The van der Waals surface area contributed by atoms with Gasteiger partial charge in [0, 0.05) is 5.69 Å². The summed E-state index contributed by atoms with van der Waals surface area (Å²) in [5.41, 5.74) is 3.98. The van der Waals surface area contributed by atoms with Crippen LogP contribution >= 0.6 is 0 Å². The Hall–Kier alpha value is -2.88. The molecular weight excluding hydrogens is 248 g/mol. The molecule has 4 nitrogen and oxygen atoms in total. The maximum atomic E-state index is 4.45. The van der Waals surface area contributed by atoms with Crippen LogP contribution in [0.2, 0.25) is 0 Å². The average molecular weight is 260 g/mol. The number of nitrogens with one attached hydrogen (secondary N) is 1. The van der Waals surface area contributed by atoms with Crippen LogP contribution in [0.15, 0.2) is 67.0 Å². The molecule has 4 aromatic rings. The molecule has 1 N–H and O–H groups in total. The van der Waals surface area contributed by atoms with Crippen LogP contribution in [0, 0.1) is 0 Å². The first-order valence-electron chi connectivity index (χ1n) is 6.45. The lowest BCUT2D eigenvalue weighted by Crippen LogP contribution is -1.98. The third kappa shape index (κ3) is 1.70. The molecule has 0 unspecified atom stereocenters. The number of anilines is 2. The summed E-state index contributed by atoms with van der Waals surface area (Å²) in [6.45, 7) is 0. The van der Waals surface area contributed by atoms with Gasteiger partial charge in [-0.25, -0.2) is 4.98 Å². The highest BCUT2D eigenvalue weighted by atomic mass is 15.2. The predicted octanol–water partition coefficient (Wildman–Crippen LogP) is 3.63. The van der Waals surface area contributed by atoms with Gasteiger partial charge in [0.1, 0.15) is 0 Å². The van der Waals surface area contributed by atoms with Gasteiger partial charge in [0.05, 0.1) is 28.9 Å². The summed E-state index contributed by atoms with van der Waals surface area (Å²) in [5, 5.41) is 3.34. The van der Waals surface area contributed by atoms with Crippen LogP contribution in [0.5, 0.6) is 0 Å². The second-order valence-electron chi connectivity index (χ2n) is 4.58. The van der Waals surface area contributed by atoms with E-state index >= 15 is 0 Å². The van der Waals surface area contributed by atoms with E-state index in [1.807, 2.05) is 67.0 Å². The lowest BCUT2D eigenvalue weighted by atomic mass is 10.3. The number of nitrogens with zero attached hydrogens (tertiary/aromatic N) is 3. The van der Waals surface area contributed by atoms with Crippen LogP contribution in [-0.4, -0.2) is 14.4 Å². The largest absolute Gasteiger partial charge is 0.325 e. The van der Waals surface area contributed by atoms with Crippen molar-refractivity contribution in [3.8, 4) is 0 Å². The van der Waals surface area contributed by atoms with Gasteiger partial charge in [0.15, 0.2) is 0 Å². The molecule has 0 fully saturated rings. The fraction of sp³-hybridized carbons (Fsp3) is 0. The first-order valence-corrected chi connectivity index (χ1v) is 6.45. The molecule has 0 bridgehead atoms. The van der Waals surface area contributed by atoms with Gasteiger partial charge in [-0.2, -0.15) is 0 Å². The van der Waals surface area contributed by atoms with E-state index in [1.54, 1.807) is 0 Å². The van der Waals surface area contributed by atoms with Crippen LogP contribution in [0.4, 0.5) is 11.6 Å². The highest BCUT2D eigenvalue weighted by molar-refractivity contribution is 5.80. The van der Waals surface area contributed by atoms with Crippen molar-refractivity contribution >= 4 is 28.2 Å². The zero-order valence-electron chi connectivity index (χ0n) is 10.7. The quantitative estimate of drug-likeness (QED) is 0.598. The van der Waals surface area contributed by atoms with E-state index in [1.165, 1.54) is 0 Å². The lowest BCUT2D eigenvalue weighted by molar-refractivity contribution is 1.18. The van der Waals surface area contributed by atoms with Gasteiger partial charge in [0.2, 0.25) is 5.95 Å². The summed E-state index contributed by atoms with van der Waals surface area (Å²) in [7, 11) is 0. The molecule has 2 aromatic heterocycles. The third-order valence-electron chi connectivity index (χ3n) is 3.28.